The number of hydrogen-bond acceptors (Lipinski definition) is 2. The number of carbonyl (C=O) groups excluding carboxylic acids is 2. The molecule has 110 valence electrons. The van der Waals surface area contributed by atoms with Gasteiger partial charge in [0.1, 0.15) is 5.54 Å². The number of amides is 2. The molecule has 2 amide bonds. The lowest BCUT2D eigenvalue weighted by Crippen LogP contribution is -2.59. The third-order valence-corrected chi connectivity index (χ3v) is 4.47. The number of nitrogens with zero attached hydrogens (tertiary/aromatic N) is 1. The molecule has 4 nitrogen and oxygen atoms in total. The van der Waals surface area contributed by atoms with Crippen molar-refractivity contribution in [2.75, 3.05) is 6.54 Å². The Labute approximate surface area is 121 Å². The molecule has 1 saturated carbocycles. The fourth-order valence-corrected chi connectivity index (χ4v) is 3.38. The minimum Gasteiger partial charge on any atom is -0.342 e. The fraction of sp³-hybridized carbons (Fsp3) is 0.750. The van der Waals surface area contributed by atoms with Crippen LogP contribution in [0.15, 0.2) is 0 Å². The van der Waals surface area contributed by atoms with Gasteiger partial charge in [-0.05, 0) is 19.3 Å². The molecule has 0 bridgehead atoms. The Kier molecular flexibility index (Phi) is 4.69. The molecular weight excluding hydrogens is 252 g/mol. The summed E-state index contributed by atoms with van der Waals surface area (Å²) in [6.07, 6.45) is 12.3. The summed E-state index contributed by atoms with van der Waals surface area (Å²) in [4.78, 5) is 26.7. The largest absolute Gasteiger partial charge is 0.342 e. The Bertz CT molecular complexity index is 419. The monoisotopic (exact) mass is 276 g/mol. The van der Waals surface area contributed by atoms with Crippen molar-refractivity contribution in [2.24, 2.45) is 0 Å². The second-order valence-electron chi connectivity index (χ2n) is 5.91. The van der Waals surface area contributed by atoms with E-state index in [1.807, 2.05) is 0 Å². The van der Waals surface area contributed by atoms with Gasteiger partial charge in [-0.1, -0.05) is 38.5 Å². The first-order chi connectivity index (χ1) is 9.63. The molecule has 20 heavy (non-hydrogen) atoms. The van der Waals surface area contributed by atoms with Gasteiger partial charge in [0.05, 0.1) is 6.04 Å². The van der Waals surface area contributed by atoms with Crippen molar-refractivity contribution in [1.29, 1.82) is 0 Å². The highest BCUT2D eigenvalue weighted by Gasteiger charge is 2.46. The summed E-state index contributed by atoms with van der Waals surface area (Å²) in [5.41, 5.74) is -0.686. The summed E-state index contributed by atoms with van der Waals surface area (Å²) in [7, 11) is 0. The van der Waals surface area contributed by atoms with Crippen LogP contribution in [0, 0.1) is 12.3 Å². The molecule has 0 aromatic heterocycles. The molecular formula is C16H24N2O2. The van der Waals surface area contributed by atoms with E-state index < -0.39 is 5.54 Å². The van der Waals surface area contributed by atoms with Crippen molar-refractivity contribution in [3.8, 4) is 12.3 Å². The van der Waals surface area contributed by atoms with Crippen molar-refractivity contribution in [3.63, 3.8) is 0 Å². The van der Waals surface area contributed by atoms with E-state index in [0.29, 0.717) is 13.0 Å². The number of rotatable bonds is 3. The number of nitrogens with one attached hydrogen (secondary N) is 1. The highest BCUT2D eigenvalue weighted by molar-refractivity contribution is 5.94. The average Bonchev–Trinajstić information content (AvgIpc) is 2.56. The average molecular weight is 276 g/mol. The Hall–Kier alpha value is -1.50. The van der Waals surface area contributed by atoms with E-state index in [9.17, 15) is 9.59 Å². The SMILES string of the molecule is C#CC(CCC)N1CCC(=O)NC2(CCCCC2)C1=O. The molecule has 1 aliphatic carbocycles. The van der Waals surface area contributed by atoms with Crippen LogP contribution in [0.2, 0.25) is 0 Å². The van der Waals surface area contributed by atoms with Crippen LogP contribution in [0.5, 0.6) is 0 Å². The van der Waals surface area contributed by atoms with Crippen LogP contribution >= 0.6 is 0 Å². The minimum absolute atomic E-state index is 0.0185. The third kappa shape index (κ3) is 2.82. The second-order valence-corrected chi connectivity index (χ2v) is 5.91. The number of terminal acetylenes is 1. The molecule has 1 aliphatic heterocycles. The van der Waals surface area contributed by atoms with Crippen LogP contribution < -0.4 is 5.32 Å². The van der Waals surface area contributed by atoms with Crippen molar-refractivity contribution < 1.29 is 9.59 Å². The predicted octanol–water partition coefficient (Wildman–Crippen LogP) is 1.84. The topological polar surface area (TPSA) is 49.4 Å². The van der Waals surface area contributed by atoms with Gasteiger partial charge in [-0.25, -0.2) is 0 Å². The molecule has 1 N–H and O–H groups in total. The summed E-state index contributed by atoms with van der Waals surface area (Å²) >= 11 is 0. The summed E-state index contributed by atoms with van der Waals surface area (Å²) in [5, 5.41) is 3.00. The molecule has 4 heteroatoms. The maximum absolute atomic E-state index is 13.0. The second kappa shape index (κ2) is 6.30. The molecule has 1 spiro atoms. The van der Waals surface area contributed by atoms with Crippen LogP contribution in [0.4, 0.5) is 0 Å². The van der Waals surface area contributed by atoms with E-state index in [0.717, 1.165) is 44.9 Å². The van der Waals surface area contributed by atoms with Gasteiger partial charge in [0.2, 0.25) is 11.8 Å². The molecule has 0 radical (unpaired) electrons. The van der Waals surface area contributed by atoms with Gasteiger partial charge < -0.3 is 10.2 Å². The van der Waals surface area contributed by atoms with Crippen LogP contribution in [0.3, 0.4) is 0 Å². The zero-order valence-electron chi connectivity index (χ0n) is 12.3. The van der Waals surface area contributed by atoms with Crippen LogP contribution in [-0.2, 0) is 9.59 Å². The lowest BCUT2D eigenvalue weighted by Gasteiger charge is -2.39. The summed E-state index contributed by atoms with van der Waals surface area (Å²) < 4.78 is 0. The smallest absolute Gasteiger partial charge is 0.249 e. The number of hydrogen-bond donors (Lipinski definition) is 1. The third-order valence-electron chi connectivity index (χ3n) is 4.47. The van der Waals surface area contributed by atoms with E-state index in [1.54, 1.807) is 4.90 Å². The van der Waals surface area contributed by atoms with E-state index in [1.165, 1.54) is 0 Å². The van der Waals surface area contributed by atoms with Gasteiger partial charge >= 0.3 is 0 Å². The lowest BCUT2D eigenvalue weighted by molar-refractivity contribution is -0.141. The zero-order valence-corrected chi connectivity index (χ0v) is 12.3. The van der Waals surface area contributed by atoms with Crippen molar-refractivity contribution in [1.82, 2.24) is 10.2 Å². The lowest BCUT2D eigenvalue weighted by atomic mass is 9.80. The van der Waals surface area contributed by atoms with Gasteiger partial charge in [-0.3, -0.25) is 9.59 Å². The maximum Gasteiger partial charge on any atom is 0.249 e. The van der Waals surface area contributed by atoms with Crippen LogP contribution in [0.1, 0.15) is 58.3 Å². The molecule has 2 fully saturated rings. The Morgan fingerprint density at radius 1 is 1.35 bits per heavy atom. The molecule has 1 unspecified atom stereocenters. The number of carbonyl (C=O) groups is 2. The van der Waals surface area contributed by atoms with Crippen molar-refractivity contribution >= 4 is 11.8 Å². The van der Waals surface area contributed by atoms with Gasteiger partial charge in [-0.2, -0.15) is 0 Å². The van der Waals surface area contributed by atoms with Crippen LogP contribution in [0.25, 0.3) is 0 Å². The standard InChI is InChI=1S/C16H24N2O2/c1-3-8-13(4-2)18-12-9-14(19)17-16(15(18)20)10-6-5-7-11-16/h2,13H,3,5-12H2,1H3,(H,17,19). The van der Waals surface area contributed by atoms with E-state index >= 15 is 0 Å². The quantitative estimate of drug-likeness (QED) is 0.800. The summed E-state index contributed by atoms with van der Waals surface area (Å²) in [6, 6.07) is -0.181. The first-order valence-corrected chi connectivity index (χ1v) is 7.71. The first-order valence-electron chi connectivity index (χ1n) is 7.71. The molecule has 1 heterocycles. The summed E-state index contributed by atoms with van der Waals surface area (Å²) in [6.45, 7) is 2.51. The maximum atomic E-state index is 13.0. The van der Waals surface area contributed by atoms with E-state index in [-0.39, 0.29) is 17.9 Å². The molecule has 1 atom stereocenters. The van der Waals surface area contributed by atoms with E-state index in [2.05, 4.69) is 18.2 Å². The van der Waals surface area contributed by atoms with Gasteiger partial charge in [-0.15, -0.1) is 6.42 Å². The van der Waals surface area contributed by atoms with Crippen molar-refractivity contribution in [3.05, 3.63) is 0 Å². The van der Waals surface area contributed by atoms with Crippen LogP contribution in [-0.4, -0.2) is 34.8 Å². The minimum atomic E-state index is -0.686. The highest BCUT2D eigenvalue weighted by atomic mass is 16.2. The summed E-state index contributed by atoms with van der Waals surface area (Å²) in [5.74, 6) is 2.76. The zero-order chi connectivity index (χ0) is 14.6. The predicted molar refractivity (Wildman–Crippen MR) is 77.8 cm³/mol. The molecule has 0 aromatic carbocycles. The van der Waals surface area contributed by atoms with Gasteiger partial charge in [0.25, 0.3) is 0 Å². The highest BCUT2D eigenvalue weighted by Crippen LogP contribution is 2.32. The molecule has 2 rings (SSSR count). The van der Waals surface area contributed by atoms with Crippen molar-refractivity contribution in [2.45, 2.75) is 69.9 Å². The van der Waals surface area contributed by atoms with Gasteiger partial charge in [0, 0.05) is 13.0 Å². The normalized spacial score (nSPS) is 23.9. The molecule has 2 aliphatic rings. The molecule has 0 aromatic rings. The Morgan fingerprint density at radius 2 is 2.05 bits per heavy atom. The fourth-order valence-electron chi connectivity index (χ4n) is 3.38. The van der Waals surface area contributed by atoms with E-state index in [4.69, 9.17) is 6.42 Å². The Balaban J connectivity index is 2.27. The van der Waals surface area contributed by atoms with Gasteiger partial charge in [0.15, 0.2) is 0 Å². The first kappa shape index (κ1) is 14.9. The molecule has 1 saturated heterocycles. The Morgan fingerprint density at radius 3 is 2.65 bits per heavy atom.